The van der Waals surface area contributed by atoms with Gasteiger partial charge in [-0.05, 0) is 19.3 Å². The van der Waals surface area contributed by atoms with Crippen molar-refractivity contribution in [1.82, 2.24) is 19.9 Å². The van der Waals surface area contributed by atoms with E-state index in [2.05, 4.69) is 48.9 Å². The van der Waals surface area contributed by atoms with Gasteiger partial charge in [0.2, 0.25) is 0 Å². The van der Waals surface area contributed by atoms with Crippen molar-refractivity contribution in [3.63, 3.8) is 0 Å². The summed E-state index contributed by atoms with van der Waals surface area (Å²) in [4.78, 5) is 18.9. The number of aromatic nitrogens is 4. The number of nitrogens with two attached hydrogens (primary N) is 1. The number of rotatable bonds is 3. The standard InChI is InChI=1S/C19H20FN7S/c1-3-4-12-5-11(2)8-27(9-12)19-26-16-13(20)7-22-18(17(16)28-19)25-15-6-14(21)23-10-24-15/h6-7,10-12H,5,8-9H2,1-2H3,(H3,21,22,23,24,25)/t11-,12?/m1/s1. The minimum atomic E-state index is -0.444. The predicted octanol–water partition coefficient (Wildman–Crippen LogP) is 3.43. The van der Waals surface area contributed by atoms with E-state index in [1.54, 1.807) is 6.07 Å². The molecule has 3 aromatic rings. The summed E-state index contributed by atoms with van der Waals surface area (Å²) in [6.45, 7) is 5.74. The maximum Gasteiger partial charge on any atom is 0.186 e. The van der Waals surface area contributed by atoms with Gasteiger partial charge in [-0.15, -0.1) is 5.92 Å². The molecule has 1 fully saturated rings. The molecule has 9 heteroatoms. The summed E-state index contributed by atoms with van der Waals surface area (Å²) in [7, 11) is 0. The van der Waals surface area contributed by atoms with Gasteiger partial charge in [0.05, 0.1) is 6.20 Å². The number of nitrogen functional groups attached to an aromatic ring is 1. The van der Waals surface area contributed by atoms with Gasteiger partial charge in [-0.3, -0.25) is 0 Å². The van der Waals surface area contributed by atoms with E-state index in [-0.39, 0.29) is 0 Å². The highest BCUT2D eigenvalue weighted by Crippen LogP contribution is 2.37. The van der Waals surface area contributed by atoms with Gasteiger partial charge in [-0.1, -0.05) is 24.2 Å². The van der Waals surface area contributed by atoms with Crippen LogP contribution in [0.2, 0.25) is 0 Å². The summed E-state index contributed by atoms with van der Waals surface area (Å²) in [6, 6.07) is 1.60. The lowest BCUT2D eigenvalue weighted by molar-refractivity contribution is 0.391. The first-order valence-electron chi connectivity index (χ1n) is 9.00. The second kappa shape index (κ2) is 7.56. The highest BCUT2D eigenvalue weighted by molar-refractivity contribution is 7.22. The van der Waals surface area contributed by atoms with Crippen LogP contribution in [0.1, 0.15) is 20.3 Å². The van der Waals surface area contributed by atoms with Crippen molar-refractivity contribution in [3.05, 3.63) is 24.4 Å². The molecule has 0 aliphatic carbocycles. The Labute approximate surface area is 166 Å². The van der Waals surface area contributed by atoms with Gasteiger partial charge in [0.25, 0.3) is 0 Å². The number of pyridine rings is 1. The molecule has 4 rings (SSSR count). The van der Waals surface area contributed by atoms with E-state index in [4.69, 9.17) is 5.73 Å². The minimum Gasteiger partial charge on any atom is -0.384 e. The van der Waals surface area contributed by atoms with Gasteiger partial charge < -0.3 is 16.0 Å². The van der Waals surface area contributed by atoms with Crippen LogP contribution in [0, 0.1) is 29.5 Å². The Morgan fingerprint density at radius 3 is 2.96 bits per heavy atom. The maximum atomic E-state index is 14.4. The van der Waals surface area contributed by atoms with Crippen LogP contribution in [0.15, 0.2) is 18.6 Å². The van der Waals surface area contributed by atoms with Gasteiger partial charge in [-0.25, -0.2) is 24.3 Å². The van der Waals surface area contributed by atoms with Crippen LogP contribution < -0.4 is 16.0 Å². The van der Waals surface area contributed by atoms with Crippen LogP contribution in [0.3, 0.4) is 0 Å². The molecular weight excluding hydrogens is 377 g/mol. The number of fused-ring (bicyclic) bond motifs is 1. The van der Waals surface area contributed by atoms with Crippen molar-refractivity contribution in [2.45, 2.75) is 20.3 Å². The van der Waals surface area contributed by atoms with E-state index < -0.39 is 5.82 Å². The van der Waals surface area contributed by atoms with Crippen molar-refractivity contribution in [2.75, 3.05) is 29.0 Å². The molecule has 0 amide bonds. The third kappa shape index (κ3) is 3.68. The molecule has 144 valence electrons. The monoisotopic (exact) mass is 397 g/mol. The molecule has 3 N–H and O–H groups in total. The zero-order chi connectivity index (χ0) is 19.7. The average Bonchev–Trinajstić information content (AvgIpc) is 3.11. The summed E-state index contributed by atoms with van der Waals surface area (Å²) in [5, 5.41) is 3.87. The number of nitrogens with zero attached hydrogens (tertiary/aromatic N) is 5. The highest BCUT2D eigenvalue weighted by Gasteiger charge is 2.26. The Hall–Kier alpha value is -2.99. The number of hydrogen-bond acceptors (Lipinski definition) is 8. The Balaban J connectivity index is 1.69. The van der Waals surface area contributed by atoms with Crippen LogP contribution in [0.5, 0.6) is 0 Å². The smallest absolute Gasteiger partial charge is 0.186 e. The highest BCUT2D eigenvalue weighted by atomic mass is 32.1. The SMILES string of the molecule is CC#CC1C[C@@H](C)CN(c2nc3c(F)cnc(Nc4cc(N)ncn4)c3s2)C1. The van der Waals surface area contributed by atoms with Gasteiger partial charge in [0, 0.05) is 25.1 Å². The fourth-order valence-corrected chi connectivity index (χ4v) is 4.51. The Morgan fingerprint density at radius 2 is 2.18 bits per heavy atom. The average molecular weight is 397 g/mol. The lowest BCUT2D eigenvalue weighted by atomic mass is 9.91. The van der Waals surface area contributed by atoms with Crippen molar-refractivity contribution < 1.29 is 4.39 Å². The van der Waals surface area contributed by atoms with Crippen LogP contribution >= 0.6 is 11.3 Å². The summed E-state index contributed by atoms with van der Waals surface area (Å²) >= 11 is 1.42. The first-order valence-corrected chi connectivity index (χ1v) is 9.82. The lowest BCUT2D eigenvalue weighted by Crippen LogP contribution is -2.39. The Bertz CT molecular complexity index is 1070. The van der Waals surface area contributed by atoms with E-state index in [0.29, 0.717) is 39.5 Å². The van der Waals surface area contributed by atoms with Crippen molar-refractivity contribution >= 4 is 44.1 Å². The molecule has 0 radical (unpaired) electrons. The van der Waals surface area contributed by atoms with Crippen LogP contribution in [-0.2, 0) is 0 Å². The quantitative estimate of drug-likeness (QED) is 0.654. The molecule has 1 aliphatic rings. The number of piperidine rings is 1. The first-order chi connectivity index (χ1) is 13.5. The zero-order valence-electron chi connectivity index (χ0n) is 15.6. The zero-order valence-corrected chi connectivity index (χ0v) is 16.4. The molecule has 1 aliphatic heterocycles. The van der Waals surface area contributed by atoms with Gasteiger partial charge in [-0.2, -0.15) is 0 Å². The largest absolute Gasteiger partial charge is 0.384 e. The molecule has 1 unspecified atom stereocenters. The molecule has 2 atom stereocenters. The molecule has 0 saturated carbocycles. The summed E-state index contributed by atoms with van der Waals surface area (Å²) in [5.41, 5.74) is 6.00. The van der Waals surface area contributed by atoms with Crippen molar-refractivity contribution in [2.24, 2.45) is 11.8 Å². The van der Waals surface area contributed by atoms with Gasteiger partial charge in [0.1, 0.15) is 28.2 Å². The summed E-state index contributed by atoms with van der Waals surface area (Å²) in [6.07, 6.45) is 3.60. The second-order valence-electron chi connectivity index (χ2n) is 6.92. The third-order valence-corrected chi connectivity index (χ3v) is 5.70. The van der Waals surface area contributed by atoms with E-state index in [9.17, 15) is 4.39 Å². The van der Waals surface area contributed by atoms with Crippen LogP contribution in [-0.4, -0.2) is 33.0 Å². The number of halogens is 1. The molecular formula is C19H20FN7S. The molecule has 1 saturated heterocycles. The van der Waals surface area contributed by atoms with E-state index in [0.717, 1.165) is 24.6 Å². The van der Waals surface area contributed by atoms with E-state index >= 15 is 0 Å². The normalized spacial score (nSPS) is 19.3. The Morgan fingerprint density at radius 1 is 1.32 bits per heavy atom. The van der Waals surface area contributed by atoms with E-state index in [1.165, 1.54) is 23.9 Å². The molecule has 0 aromatic carbocycles. The lowest BCUT2D eigenvalue weighted by Gasteiger charge is -2.34. The van der Waals surface area contributed by atoms with Crippen molar-refractivity contribution in [3.8, 4) is 11.8 Å². The molecule has 4 heterocycles. The molecule has 28 heavy (non-hydrogen) atoms. The number of hydrogen-bond donors (Lipinski definition) is 2. The second-order valence-corrected chi connectivity index (χ2v) is 7.90. The molecule has 0 bridgehead atoms. The van der Waals surface area contributed by atoms with Gasteiger partial charge in [0.15, 0.2) is 16.8 Å². The molecule has 7 nitrogen and oxygen atoms in total. The maximum absolute atomic E-state index is 14.4. The van der Waals surface area contributed by atoms with Crippen LogP contribution in [0.25, 0.3) is 10.2 Å². The van der Waals surface area contributed by atoms with Crippen molar-refractivity contribution in [1.29, 1.82) is 0 Å². The third-order valence-electron chi connectivity index (χ3n) is 4.58. The van der Waals surface area contributed by atoms with Gasteiger partial charge >= 0.3 is 0 Å². The van der Waals surface area contributed by atoms with Crippen LogP contribution in [0.4, 0.5) is 27.0 Å². The summed E-state index contributed by atoms with van der Waals surface area (Å²) < 4.78 is 15.0. The number of thiazole rings is 1. The predicted molar refractivity (Wildman–Crippen MR) is 110 cm³/mol. The molecule has 0 spiro atoms. The Kier molecular flexibility index (Phi) is 4.96. The summed E-state index contributed by atoms with van der Waals surface area (Å²) in [5.74, 6) is 7.96. The van der Waals surface area contributed by atoms with E-state index in [1.807, 2.05) is 6.92 Å². The number of nitrogens with one attached hydrogen (secondary N) is 1. The first kappa shape index (κ1) is 18.4. The minimum absolute atomic E-state index is 0.297. The topological polar surface area (TPSA) is 92.9 Å². The fourth-order valence-electron chi connectivity index (χ4n) is 3.47. The number of anilines is 4. The fraction of sp³-hybridized carbons (Fsp3) is 0.368. The molecule has 3 aromatic heterocycles.